The molecule has 0 aliphatic carbocycles. The van der Waals surface area contributed by atoms with Crippen molar-refractivity contribution >= 4 is 35.1 Å². The second kappa shape index (κ2) is 9.48. The minimum Gasteiger partial charge on any atom is -0.478 e. The van der Waals surface area contributed by atoms with Crippen molar-refractivity contribution in [3.8, 4) is 0 Å². The number of carboxylic acid groups (broad SMARTS) is 2. The first-order chi connectivity index (χ1) is 13.4. The van der Waals surface area contributed by atoms with Crippen LogP contribution in [-0.2, 0) is 19.2 Å². The van der Waals surface area contributed by atoms with Gasteiger partial charge in [-0.05, 0) is 24.3 Å². The summed E-state index contributed by atoms with van der Waals surface area (Å²) in [6.07, 6.45) is 2.91. The third-order valence-corrected chi connectivity index (χ3v) is 3.36. The fourth-order valence-corrected chi connectivity index (χ4v) is 2.25. The third kappa shape index (κ3) is 5.40. The fraction of sp³-hybridized carbons (Fsp3) is 0. The Morgan fingerprint density at radius 2 is 0.893 bits per heavy atom. The average Bonchev–Trinajstić information content (AvgIpc) is 2.69. The number of nitrogens with zero attached hydrogens (tertiary/aromatic N) is 2. The van der Waals surface area contributed by atoms with Gasteiger partial charge < -0.3 is 10.2 Å². The van der Waals surface area contributed by atoms with Crippen LogP contribution < -0.4 is 10.0 Å². The minimum absolute atomic E-state index is 0.281. The van der Waals surface area contributed by atoms with Crippen molar-refractivity contribution in [3.63, 3.8) is 0 Å². The first-order valence-electron chi connectivity index (χ1n) is 8.00. The predicted octanol–water partition coefficient (Wildman–Crippen LogP) is 2.25. The van der Waals surface area contributed by atoms with Gasteiger partial charge in [0, 0.05) is 24.3 Å². The second-order valence-electron chi connectivity index (χ2n) is 5.31. The Morgan fingerprint density at radius 3 is 1.18 bits per heavy atom. The summed E-state index contributed by atoms with van der Waals surface area (Å²) in [7, 11) is 0. The molecule has 0 bridgehead atoms. The van der Waals surface area contributed by atoms with Gasteiger partial charge in [0.05, 0.1) is 11.4 Å². The van der Waals surface area contributed by atoms with E-state index >= 15 is 0 Å². The molecule has 2 N–H and O–H groups in total. The molecule has 0 unspecified atom stereocenters. The summed E-state index contributed by atoms with van der Waals surface area (Å²) in [6.45, 7) is 0. The summed E-state index contributed by atoms with van der Waals surface area (Å²) in [6, 6.07) is 16.2. The normalized spacial score (nSPS) is 10.7. The van der Waals surface area contributed by atoms with Gasteiger partial charge >= 0.3 is 11.9 Å². The van der Waals surface area contributed by atoms with Crippen LogP contribution in [0.4, 0.5) is 11.4 Å². The maximum atomic E-state index is 12.7. The molecular formula is C20H16N2O6. The number of para-hydroxylation sites is 2. The van der Waals surface area contributed by atoms with Crippen molar-refractivity contribution in [3.05, 3.63) is 85.0 Å². The highest BCUT2D eigenvalue weighted by Crippen LogP contribution is 2.24. The van der Waals surface area contributed by atoms with Gasteiger partial charge in [-0.1, -0.05) is 36.4 Å². The highest BCUT2D eigenvalue weighted by atomic mass is 16.4. The Bertz CT molecular complexity index is 845. The number of hydrogen-bond acceptors (Lipinski definition) is 4. The lowest BCUT2D eigenvalue weighted by Crippen LogP contribution is -2.49. The molecule has 28 heavy (non-hydrogen) atoms. The maximum absolute atomic E-state index is 12.7. The number of carbonyl (C=O) groups is 4. The van der Waals surface area contributed by atoms with Crippen LogP contribution in [-0.4, -0.2) is 34.0 Å². The van der Waals surface area contributed by atoms with Gasteiger partial charge in [-0.2, -0.15) is 0 Å². The molecule has 2 aromatic carbocycles. The van der Waals surface area contributed by atoms with Gasteiger partial charge in [0.25, 0.3) is 11.8 Å². The molecule has 0 aliphatic rings. The van der Waals surface area contributed by atoms with Gasteiger partial charge in [0.2, 0.25) is 0 Å². The van der Waals surface area contributed by atoms with Crippen LogP contribution in [0.5, 0.6) is 0 Å². The number of hydrogen-bond donors (Lipinski definition) is 2. The SMILES string of the molecule is O=C(O)C=CC(=O)N(c1ccccc1)N(C(=O)C=CC(=O)O)c1ccccc1. The smallest absolute Gasteiger partial charge is 0.328 e. The summed E-state index contributed by atoms with van der Waals surface area (Å²) in [5, 5.41) is 19.5. The monoisotopic (exact) mass is 380 g/mol. The highest BCUT2D eigenvalue weighted by molar-refractivity contribution is 6.14. The van der Waals surface area contributed by atoms with Gasteiger partial charge in [-0.25, -0.2) is 19.6 Å². The summed E-state index contributed by atoms with van der Waals surface area (Å²) < 4.78 is 0. The topological polar surface area (TPSA) is 115 Å². The Morgan fingerprint density at radius 1 is 0.571 bits per heavy atom. The third-order valence-electron chi connectivity index (χ3n) is 3.36. The molecule has 2 aromatic rings. The first-order valence-corrected chi connectivity index (χ1v) is 8.00. The van der Waals surface area contributed by atoms with E-state index in [1.807, 2.05) is 0 Å². The van der Waals surface area contributed by atoms with Crippen LogP contribution in [0.25, 0.3) is 0 Å². The van der Waals surface area contributed by atoms with E-state index in [1.165, 1.54) is 0 Å². The van der Waals surface area contributed by atoms with Gasteiger partial charge in [-0.3, -0.25) is 9.59 Å². The molecule has 0 fully saturated rings. The molecule has 0 aliphatic heterocycles. The predicted molar refractivity (Wildman–Crippen MR) is 101 cm³/mol. The van der Waals surface area contributed by atoms with E-state index in [2.05, 4.69) is 0 Å². The average molecular weight is 380 g/mol. The van der Waals surface area contributed by atoms with E-state index in [0.29, 0.717) is 12.2 Å². The number of benzene rings is 2. The molecule has 8 heteroatoms. The van der Waals surface area contributed by atoms with Crippen molar-refractivity contribution in [2.45, 2.75) is 0 Å². The molecule has 0 saturated heterocycles. The Balaban J connectivity index is 2.60. The van der Waals surface area contributed by atoms with Crippen molar-refractivity contribution < 1.29 is 29.4 Å². The van der Waals surface area contributed by atoms with E-state index in [0.717, 1.165) is 22.2 Å². The molecule has 2 amide bonds. The van der Waals surface area contributed by atoms with Gasteiger partial charge in [0.15, 0.2) is 0 Å². The summed E-state index contributed by atoms with van der Waals surface area (Å²) in [4.78, 5) is 47.1. The molecule has 0 saturated carbocycles. The number of anilines is 2. The molecule has 0 aromatic heterocycles. The lowest BCUT2D eigenvalue weighted by Gasteiger charge is -2.33. The zero-order valence-electron chi connectivity index (χ0n) is 14.5. The van der Waals surface area contributed by atoms with Gasteiger partial charge in [0.1, 0.15) is 0 Å². The number of aliphatic carboxylic acids is 2. The fourth-order valence-electron chi connectivity index (χ4n) is 2.25. The largest absolute Gasteiger partial charge is 0.478 e. The minimum atomic E-state index is -1.33. The van der Waals surface area contributed by atoms with Crippen LogP contribution >= 0.6 is 0 Å². The lowest BCUT2D eigenvalue weighted by molar-refractivity contribution is -0.132. The van der Waals surface area contributed by atoms with E-state index in [1.54, 1.807) is 60.7 Å². The molecular weight excluding hydrogens is 364 g/mol. The standard InChI is InChI=1S/C20H16N2O6/c23-17(11-13-19(25)26)21(15-7-3-1-4-8-15)22(16-9-5-2-6-10-16)18(24)12-14-20(27)28/h1-14H,(H,25,26)(H,27,28). The molecule has 0 atom stereocenters. The molecule has 0 heterocycles. The van der Waals surface area contributed by atoms with E-state index in [-0.39, 0.29) is 11.4 Å². The first kappa shape index (κ1) is 20.1. The maximum Gasteiger partial charge on any atom is 0.328 e. The van der Waals surface area contributed by atoms with Crippen molar-refractivity contribution in [1.82, 2.24) is 0 Å². The Labute approximate surface area is 160 Å². The number of amides is 2. The summed E-state index contributed by atoms with van der Waals surface area (Å²) >= 11 is 0. The number of hydrazine groups is 1. The van der Waals surface area contributed by atoms with Crippen LogP contribution in [0.1, 0.15) is 0 Å². The molecule has 2 rings (SSSR count). The summed E-state index contributed by atoms with van der Waals surface area (Å²) in [5.41, 5.74) is 0.562. The zero-order chi connectivity index (χ0) is 20.5. The number of rotatable bonds is 6. The van der Waals surface area contributed by atoms with E-state index in [9.17, 15) is 19.2 Å². The molecule has 142 valence electrons. The van der Waals surface area contributed by atoms with Crippen molar-refractivity contribution in [1.29, 1.82) is 0 Å². The van der Waals surface area contributed by atoms with Crippen molar-refractivity contribution in [2.75, 3.05) is 10.0 Å². The quantitative estimate of drug-likeness (QED) is 0.587. The Hall–Kier alpha value is -4.20. The van der Waals surface area contributed by atoms with Crippen molar-refractivity contribution in [2.24, 2.45) is 0 Å². The highest BCUT2D eigenvalue weighted by Gasteiger charge is 2.27. The lowest BCUT2D eigenvalue weighted by atomic mass is 10.2. The van der Waals surface area contributed by atoms with E-state index in [4.69, 9.17) is 10.2 Å². The molecule has 0 spiro atoms. The second-order valence-corrected chi connectivity index (χ2v) is 5.31. The summed E-state index contributed by atoms with van der Waals surface area (Å²) in [5.74, 6) is -4.28. The van der Waals surface area contributed by atoms with Crippen LogP contribution in [0.2, 0.25) is 0 Å². The van der Waals surface area contributed by atoms with Crippen LogP contribution in [0, 0.1) is 0 Å². The number of carboxylic acids is 2. The van der Waals surface area contributed by atoms with Gasteiger partial charge in [-0.15, -0.1) is 0 Å². The van der Waals surface area contributed by atoms with Crippen LogP contribution in [0.15, 0.2) is 85.0 Å². The number of carbonyl (C=O) groups excluding carboxylic acids is 2. The van der Waals surface area contributed by atoms with E-state index < -0.39 is 23.8 Å². The van der Waals surface area contributed by atoms with Crippen LogP contribution in [0.3, 0.4) is 0 Å². The molecule has 0 radical (unpaired) electrons. The molecule has 8 nitrogen and oxygen atoms in total. The Kier molecular flexibility index (Phi) is 6.81. The zero-order valence-corrected chi connectivity index (χ0v) is 14.5.